The van der Waals surface area contributed by atoms with Gasteiger partial charge in [-0.05, 0) is 62.9 Å². The van der Waals surface area contributed by atoms with Crippen LogP contribution in [-0.4, -0.2) is 29.2 Å². The van der Waals surface area contributed by atoms with Gasteiger partial charge in [-0.25, -0.2) is 4.79 Å². The molecule has 2 unspecified atom stereocenters. The molecule has 31 heavy (non-hydrogen) atoms. The van der Waals surface area contributed by atoms with Gasteiger partial charge in [0.1, 0.15) is 12.3 Å². The van der Waals surface area contributed by atoms with Gasteiger partial charge in [0, 0.05) is 17.1 Å². The predicted molar refractivity (Wildman–Crippen MR) is 114 cm³/mol. The fraction of sp³-hybridized carbons (Fsp3) is 0.435. The second-order valence-corrected chi connectivity index (χ2v) is 9.06. The first-order valence-corrected chi connectivity index (χ1v) is 10.5. The van der Waals surface area contributed by atoms with Crippen LogP contribution in [0.5, 0.6) is 0 Å². The maximum Gasteiger partial charge on any atom is 0.416 e. The van der Waals surface area contributed by atoms with Crippen molar-refractivity contribution in [2.75, 3.05) is 6.54 Å². The van der Waals surface area contributed by atoms with Crippen LogP contribution in [0.25, 0.3) is 0 Å². The number of halogens is 4. The van der Waals surface area contributed by atoms with Crippen LogP contribution in [0.3, 0.4) is 0 Å². The number of amides is 2. The molecule has 0 spiro atoms. The SMILES string of the molecule is CC(C)(C)NC(=O)N1CCCC1OC(c1ccc(Cl)cc1)c1ccccc1C(F)(F)F. The predicted octanol–water partition coefficient (Wildman–Crippen LogP) is 6.39. The maximum atomic E-state index is 13.7. The summed E-state index contributed by atoms with van der Waals surface area (Å²) in [5.41, 5.74) is -0.675. The molecule has 0 radical (unpaired) electrons. The third kappa shape index (κ3) is 5.92. The molecule has 1 fully saturated rings. The van der Waals surface area contributed by atoms with Crippen LogP contribution in [0.1, 0.15) is 56.4 Å². The highest BCUT2D eigenvalue weighted by Crippen LogP contribution is 2.40. The largest absolute Gasteiger partial charge is 0.416 e. The number of nitrogens with zero attached hydrogens (tertiary/aromatic N) is 1. The van der Waals surface area contributed by atoms with Crippen molar-refractivity contribution in [3.05, 3.63) is 70.2 Å². The van der Waals surface area contributed by atoms with Crippen LogP contribution in [0.4, 0.5) is 18.0 Å². The minimum atomic E-state index is -4.54. The molecule has 4 nitrogen and oxygen atoms in total. The highest BCUT2D eigenvalue weighted by Gasteiger charge is 2.38. The van der Waals surface area contributed by atoms with E-state index in [1.165, 1.54) is 12.1 Å². The molecule has 0 bridgehead atoms. The average Bonchev–Trinajstić information content (AvgIpc) is 3.13. The molecule has 1 N–H and O–H groups in total. The van der Waals surface area contributed by atoms with Crippen molar-refractivity contribution in [1.29, 1.82) is 0 Å². The summed E-state index contributed by atoms with van der Waals surface area (Å²) in [7, 11) is 0. The number of carbonyl (C=O) groups is 1. The number of benzene rings is 2. The van der Waals surface area contributed by atoms with Crippen molar-refractivity contribution in [2.45, 2.75) is 57.7 Å². The second-order valence-electron chi connectivity index (χ2n) is 8.62. The van der Waals surface area contributed by atoms with Gasteiger partial charge in [0.25, 0.3) is 0 Å². The first-order chi connectivity index (χ1) is 14.5. The number of carbonyl (C=O) groups excluding carboxylic acids is 1. The quantitative estimate of drug-likeness (QED) is 0.581. The molecule has 1 heterocycles. The summed E-state index contributed by atoms with van der Waals surface area (Å²) in [6.45, 7) is 6.08. The van der Waals surface area contributed by atoms with E-state index in [0.29, 0.717) is 30.0 Å². The number of urea groups is 1. The van der Waals surface area contributed by atoms with E-state index in [1.54, 1.807) is 35.2 Å². The fourth-order valence-electron chi connectivity index (χ4n) is 3.61. The lowest BCUT2D eigenvalue weighted by Gasteiger charge is -2.32. The van der Waals surface area contributed by atoms with Gasteiger partial charge in [-0.2, -0.15) is 13.2 Å². The Bertz CT molecular complexity index is 910. The van der Waals surface area contributed by atoms with E-state index in [9.17, 15) is 18.0 Å². The topological polar surface area (TPSA) is 41.6 Å². The van der Waals surface area contributed by atoms with Crippen LogP contribution in [-0.2, 0) is 10.9 Å². The summed E-state index contributed by atoms with van der Waals surface area (Å²) in [5, 5.41) is 3.37. The third-order valence-electron chi connectivity index (χ3n) is 4.96. The summed E-state index contributed by atoms with van der Waals surface area (Å²) in [5.74, 6) is 0. The zero-order valence-electron chi connectivity index (χ0n) is 17.7. The number of rotatable bonds is 4. The first-order valence-electron chi connectivity index (χ1n) is 10.1. The van der Waals surface area contributed by atoms with Gasteiger partial charge < -0.3 is 10.1 Å². The third-order valence-corrected chi connectivity index (χ3v) is 5.21. The Morgan fingerprint density at radius 3 is 2.39 bits per heavy atom. The summed E-state index contributed by atoms with van der Waals surface area (Å²) >= 11 is 5.98. The molecule has 2 aromatic carbocycles. The van der Waals surface area contributed by atoms with E-state index in [2.05, 4.69) is 5.32 Å². The number of nitrogens with one attached hydrogen (secondary N) is 1. The van der Waals surface area contributed by atoms with E-state index >= 15 is 0 Å². The normalized spacial score (nSPS) is 18.2. The maximum absolute atomic E-state index is 13.7. The molecular formula is C23H26ClF3N2O2. The first kappa shape index (κ1) is 23.4. The van der Waals surface area contributed by atoms with Gasteiger partial charge in [0.15, 0.2) is 0 Å². The zero-order valence-corrected chi connectivity index (χ0v) is 18.4. The lowest BCUT2D eigenvalue weighted by Crippen LogP contribution is -2.50. The van der Waals surface area contributed by atoms with Gasteiger partial charge in [0.2, 0.25) is 0 Å². The molecule has 3 rings (SSSR count). The Morgan fingerprint density at radius 1 is 1.13 bits per heavy atom. The highest BCUT2D eigenvalue weighted by molar-refractivity contribution is 6.30. The van der Waals surface area contributed by atoms with Crippen LogP contribution < -0.4 is 5.32 Å². The molecule has 1 aliphatic heterocycles. The van der Waals surface area contributed by atoms with Gasteiger partial charge >= 0.3 is 12.2 Å². The van der Waals surface area contributed by atoms with Crippen molar-refractivity contribution in [3.8, 4) is 0 Å². The molecule has 2 aromatic rings. The molecule has 0 saturated carbocycles. The monoisotopic (exact) mass is 454 g/mol. The van der Waals surface area contributed by atoms with Crippen LogP contribution in [0.2, 0.25) is 5.02 Å². The second kappa shape index (κ2) is 9.09. The zero-order chi connectivity index (χ0) is 22.8. The lowest BCUT2D eigenvalue weighted by molar-refractivity contribution is -0.140. The molecule has 0 aliphatic carbocycles. The van der Waals surface area contributed by atoms with Crippen LogP contribution >= 0.6 is 11.6 Å². The molecule has 2 atom stereocenters. The van der Waals surface area contributed by atoms with Crippen molar-refractivity contribution < 1.29 is 22.7 Å². The average molecular weight is 455 g/mol. The van der Waals surface area contributed by atoms with Gasteiger partial charge in [-0.1, -0.05) is 41.9 Å². The molecular weight excluding hydrogens is 429 g/mol. The van der Waals surface area contributed by atoms with E-state index < -0.39 is 29.6 Å². The molecule has 1 aliphatic rings. The molecule has 168 valence electrons. The Balaban J connectivity index is 1.97. The summed E-state index contributed by atoms with van der Waals surface area (Å²) in [6, 6.07) is 11.6. The summed E-state index contributed by atoms with van der Waals surface area (Å²) < 4.78 is 47.5. The van der Waals surface area contributed by atoms with Crippen LogP contribution in [0.15, 0.2) is 48.5 Å². The number of hydrogen-bond acceptors (Lipinski definition) is 2. The van der Waals surface area contributed by atoms with Gasteiger partial charge in [-0.3, -0.25) is 4.90 Å². The van der Waals surface area contributed by atoms with Crippen molar-refractivity contribution >= 4 is 17.6 Å². The van der Waals surface area contributed by atoms with Crippen molar-refractivity contribution in [3.63, 3.8) is 0 Å². The van der Waals surface area contributed by atoms with Crippen molar-refractivity contribution in [2.24, 2.45) is 0 Å². The summed E-state index contributed by atoms with van der Waals surface area (Å²) in [6.07, 6.45) is -4.96. The van der Waals surface area contributed by atoms with Gasteiger partial charge in [0.05, 0.1) is 5.56 Å². The molecule has 1 saturated heterocycles. The Labute approximate surface area is 185 Å². The van der Waals surface area contributed by atoms with Crippen molar-refractivity contribution in [1.82, 2.24) is 10.2 Å². The van der Waals surface area contributed by atoms with Crippen LogP contribution in [0, 0.1) is 0 Å². The Kier molecular flexibility index (Phi) is 6.86. The number of ether oxygens (including phenoxy) is 1. The van der Waals surface area contributed by atoms with E-state index in [-0.39, 0.29) is 11.6 Å². The fourth-order valence-corrected chi connectivity index (χ4v) is 3.74. The minimum absolute atomic E-state index is 0.000372. The number of likely N-dealkylation sites (tertiary alicyclic amines) is 1. The van der Waals surface area contributed by atoms with E-state index in [0.717, 1.165) is 6.07 Å². The number of hydrogen-bond donors (Lipinski definition) is 1. The summed E-state index contributed by atoms with van der Waals surface area (Å²) in [4.78, 5) is 14.3. The Hall–Kier alpha value is -2.25. The van der Waals surface area contributed by atoms with E-state index in [4.69, 9.17) is 16.3 Å². The molecule has 0 aromatic heterocycles. The smallest absolute Gasteiger partial charge is 0.346 e. The lowest BCUT2D eigenvalue weighted by atomic mass is 9.96. The molecule has 8 heteroatoms. The minimum Gasteiger partial charge on any atom is -0.346 e. The standard InChI is InChI=1S/C23H26ClF3N2O2/c1-22(2,3)28-21(30)29-14-6-9-19(29)31-20(15-10-12-16(24)13-11-15)17-7-4-5-8-18(17)23(25,26)27/h4-5,7-8,10-13,19-20H,6,9,14H2,1-3H3,(H,28,30). The highest BCUT2D eigenvalue weighted by atomic mass is 35.5. The molecule has 2 amide bonds. The Morgan fingerprint density at radius 2 is 1.77 bits per heavy atom. The van der Waals surface area contributed by atoms with Gasteiger partial charge in [-0.15, -0.1) is 0 Å². The van der Waals surface area contributed by atoms with E-state index in [1.807, 2.05) is 20.8 Å². The number of alkyl halides is 3.